The van der Waals surface area contributed by atoms with Gasteiger partial charge in [-0.15, -0.1) is 0 Å². The fourth-order valence-electron chi connectivity index (χ4n) is 5.54. The van der Waals surface area contributed by atoms with Crippen molar-refractivity contribution < 1.29 is 19.5 Å². The summed E-state index contributed by atoms with van der Waals surface area (Å²) in [5, 5.41) is 16.0. The summed E-state index contributed by atoms with van der Waals surface area (Å²) < 4.78 is 1.90. The number of nitrogens with zero attached hydrogens (tertiary/aromatic N) is 2. The van der Waals surface area contributed by atoms with Gasteiger partial charge in [0.15, 0.2) is 5.78 Å². The fraction of sp³-hybridized carbons (Fsp3) is 0.143. The predicted molar refractivity (Wildman–Crippen MR) is 164 cm³/mol. The van der Waals surface area contributed by atoms with Crippen molar-refractivity contribution in [1.29, 1.82) is 0 Å². The van der Waals surface area contributed by atoms with Gasteiger partial charge in [0.25, 0.3) is 5.91 Å². The van der Waals surface area contributed by atoms with Gasteiger partial charge in [-0.3, -0.25) is 19.4 Å². The molecule has 6 rings (SSSR count). The largest absolute Gasteiger partial charge is 0.481 e. The van der Waals surface area contributed by atoms with Crippen LogP contribution in [0.2, 0.25) is 0 Å². The standard InChI is InChI=1S/C35H30N4O4/c1-22(35(42)43)27-9-3-4-10-28(27)24-12-14-25(15-13-24)33(40)32-30-16-17-31(34(41)37-20-23-7-6-18-36-19-23)39(30)21-26-8-2-5-11-29(26)38-32/h2-19,22,32,38H,20-21H2,1H3,(H,37,41)(H,42,43). The molecule has 43 heavy (non-hydrogen) atoms. The van der Waals surface area contributed by atoms with E-state index in [1.807, 2.05) is 83.4 Å². The van der Waals surface area contributed by atoms with Crippen LogP contribution >= 0.6 is 0 Å². The lowest BCUT2D eigenvalue weighted by Gasteiger charge is -2.19. The number of nitrogens with one attached hydrogen (secondary N) is 2. The number of carboxylic acids is 1. The van der Waals surface area contributed by atoms with Crippen molar-refractivity contribution in [2.24, 2.45) is 0 Å². The molecule has 2 aromatic heterocycles. The molecule has 1 amide bonds. The lowest BCUT2D eigenvalue weighted by Crippen LogP contribution is -2.27. The Bertz CT molecular complexity index is 1810. The molecule has 2 atom stereocenters. The molecule has 3 N–H and O–H groups in total. The van der Waals surface area contributed by atoms with Crippen LogP contribution in [0.1, 0.15) is 62.1 Å². The second kappa shape index (κ2) is 11.8. The molecule has 0 fully saturated rings. The number of hydrogen-bond donors (Lipinski definition) is 3. The van der Waals surface area contributed by atoms with Crippen LogP contribution in [0.5, 0.6) is 0 Å². The smallest absolute Gasteiger partial charge is 0.310 e. The summed E-state index contributed by atoms with van der Waals surface area (Å²) in [7, 11) is 0. The Hall–Kier alpha value is -5.50. The molecule has 8 nitrogen and oxygen atoms in total. The molecule has 5 aromatic rings. The number of amides is 1. The van der Waals surface area contributed by atoms with Gasteiger partial charge in [0.2, 0.25) is 0 Å². The average molecular weight is 571 g/mol. The van der Waals surface area contributed by atoms with Crippen LogP contribution in [0.25, 0.3) is 11.1 Å². The number of fused-ring (bicyclic) bond motifs is 2. The first-order valence-electron chi connectivity index (χ1n) is 14.1. The minimum Gasteiger partial charge on any atom is -0.481 e. The predicted octanol–water partition coefficient (Wildman–Crippen LogP) is 6.07. The Balaban J connectivity index is 1.31. The summed E-state index contributed by atoms with van der Waals surface area (Å²) in [5.41, 5.74) is 6.71. The maximum atomic E-state index is 14.1. The van der Waals surface area contributed by atoms with Gasteiger partial charge in [0.1, 0.15) is 11.7 Å². The van der Waals surface area contributed by atoms with Crippen LogP contribution in [-0.4, -0.2) is 32.3 Å². The number of carboxylic acid groups (broad SMARTS) is 1. The summed E-state index contributed by atoms with van der Waals surface area (Å²) in [6, 6.07) is 29.0. The normalized spacial score (nSPS) is 14.4. The lowest BCUT2D eigenvalue weighted by atomic mass is 9.90. The lowest BCUT2D eigenvalue weighted by molar-refractivity contribution is -0.138. The number of pyridine rings is 1. The molecule has 0 saturated carbocycles. The molecule has 214 valence electrons. The highest BCUT2D eigenvalue weighted by atomic mass is 16.4. The van der Waals surface area contributed by atoms with E-state index in [1.54, 1.807) is 37.5 Å². The molecule has 3 aromatic carbocycles. The number of aliphatic carboxylic acids is 1. The van der Waals surface area contributed by atoms with Gasteiger partial charge in [-0.2, -0.15) is 0 Å². The summed E-state index contributed by atoms with van der Waals surface area (Å²) >= 11 is 0. The number of aromatic nitrogens is 2. The minimum atomic E-state index is -0.896. The Morgan fingerprint density at radius 3 is 2.49 bits per heavy atom. The van der Waals surface area contributed by atoms with Crippen LogP contribution in [0.3, 0.4) is 0 Å². The highest BCUT2D eigenvalue weighted by Gasteiger charge is 2.31. The quantitative estimate of drug-likeness (QED) is 0.195. The molecule has 0 spiro atoms. The van der Waals surface area contributed by atoms with E-state index >= 15 is 0 Å². The maximum Gasteiger partial charge on any atom is 0.310 e. The third kappa shape index (κ3) is 5.55. The molecule has 2 unspecified atom stereocenters. The summed E-state index contributed by atoms with van der Waals surface area (Å²) in [5.74, 6) is -1.94. The van der Waals surface area contributed by atoms with Crippen LogP contribution in [0.15, 0.2) is 109 Å². The number of Topliss-reactive ketones (excluding diaryl/α,β-unsaturated/α-hetero) is 1. The third-order valence-electron chi connectivity index (χ3n) is 7.90. The van der Waals surface area contributed by atoms with Crippen LogP contribution < -0.4 is 10.6 Å². The first-order chi connectivity index (χ1) is 20.9. The number of para-hydroxylation sites is 1. The first kappa shape index (κ1) is 27.7. The number of hydrogen-bond acceptors (Lipinski definition) is 5. The van der Waals surface area contributed by atoms with Crippen LogP contribution in [-0.2, 0) is 17.9 Å². The van der Waals surface area contributed by atoms with Gasteiger partial charge in [-0.05, 0) is 59.0 Å². The molecule has 8 heteroatoms. The van der Waals surface area contributed by atoms with Gasteiger partial charge in [-0.25, -0.2) is 0 Å². The average Bonchev–Trinajstić information content (AvgIpc) is 3.38. The zero-order valence-electron chi connectivity index (χ0n) is 23.5. The van der Waals surface area contributed by atoms with E-state index in [9.17, 15) is 19.5 Å². The second-order valence-corrected chi connectivity index (χ2v) is 10.6. The number of carbonyl (C=O) groups excluding carboxylic acids is 2. The van der Waals surface area contributed by atoms with Crippen molar-refractivity contribution in [2.45, 2.75) is 32.0 Å². The molecule has 0 saturated heterocycles. The Kier molecular flexibility index (Phi) is 7.57. The van der Waals surface area contributed by atoms with E-state index in [2.05, 4.69) is 15.6 Å². The van der Waals surface area contributed by atoms with Crippen molar-refractivity contribution in [3.63, 3.8) is 0 Å². The number of carbonyl (C=O) groups is 3. The summed E-state index contributed by atoms with van der Waals surface area (Å²) in [6.45, 7) is 2.44. The summed E-state index contributed by atoms with van der Waals surface area (Å²) in [4.78, 5) is 43.2. The zero-order chi connectivity index (χ0) is 29.9. The molecular formula is C35H30N4O4. The van der Waals surface area contributed by atoms with Crippen molar-refractivity contribution >= 4 is 23.3 Å². The van der Waals surface area contributed by atoms with E-state index in [-0.39, 0.29) is 11.7 Å². The molecule has 0 radical (unpaired) electrons. The van der Waals surface area contributed by atoms with Gasteiger partial charge in [0.05, 0.1) is 12.5 Å². The van der Waals surface area contributed by atoms with Gasteiger partial charge in [0, 0.05) is 35.9 Å². The van der Waals surface area contributed by atoms with E-state index in [0.29, 0.717) is 35.6 Å². The van der Waals surface area contributed by atoms with E-state index in [4.69, 9.17) is 0 Å². The molecular weight excluding hydrogens is 540 g/mol. The minimum absolute atomic E-state index is 0.142. The van der Waals surface area contributed by atoms with E-state index in [0.717, 1.165) is 27.9 Å². The Morgan fingerprint density at radius 2 is 1.72 bits per heavy atom. The Morgan fingerprint density at radius 1 is 0.953 bits per heavy atom. The van der Waals surface area contributed by atoms with E-state index in [1.165, 1.54) is 0 Å². The molecule has 0 aliphatic carbocycles. The fourth-order valence-corrected chi connectivity index (χ4v) is 5.54. The van der Waals surface area contributed by atoms with E-state index < -0.39 is 17.9 Å². The van der Waals surface area contributed by atoms with Crippen molar-refractivity contribution in [3.05, 3.63) is 143 Å². The summed E-state index contributed by atoms with van der Waals surface area (Å²) in [6.07, 6.45) is 3.40. The third-order valence-corrected chi connectivity index (χ3v) is 7.90. The first-order valence-corrected chi connectivity index (χ1v) is 14.1. The van der Waals surface area contributed by atoms with Crippen LogP contribution in [0, 0.1) is 0 Å². The Labute approximate surface area is 249 Å². The van der Waals surface area contributed by atoms with Crippen LogP contribution in [0.4, 0.5) is 5.69 Å². The maximum absolute atomic E-state index is 14.1. The highest BCUT2D eigenvalue weighted by molar-refractivity contribution is 6.03. The number of rotatable bonds is 8. The number of benzene rings is 3. The van der Waals surface area contributed by atoms with Gasteiger partial charge in [-0.1, -0.05) is 72.8 Å². The molecule has 1 aliphatic heterocycles. The van der Waals surface area contributed by atoms with Crippen molar-refractivity contribution in [3.8, 4) is 11.1 Å². The molecule has 1 aliphatic rings. The van der Waals surface area contributed by atoms with Crippen molar-refractivity contribution in [2.75, 3.05) is 5.32 Å². The highest BCUT2D eigenvalue weighted by Crippen LogP contribution is 2.34. The van der Waals surface area contributed by atoms with Gasteiger partial charge >= 0.3 is 5.97 Å². The molecule has 3 heterocycles. The number of ketones is 1. The monoisotopic (exact) mass is 570 g/mol. The van der Waals surface area contributed by atoms with Gasteiger partial charge < -0.3 is 20.3 Å². The zero-order valence-corrected chi connectivity index (χ0v) is 23.5. The SMILES string of the molecule is CC(C(=O)O)c1ccccc1-c1ccc(C(=O)C2Nc3ccccc3Cn3c(C(=O)NCc4cccnc4)ccc32)cc1. The second-order valence-electron chi connectivity index (χ2n) is 10.6. The molecule has 0 bridgehead atoms. The topological polar surface area (TPSA) is 113 Å². The van der Waals surface area contributed by atoms with Crippen molar-refractivity contribution in [1.82, 2.24) is 14.9 Å². The number of anilines is 1.